The number of hydrogen-bond donors (Lipinski definition) is 1. The van der Waals surface area contributed by atoms with Gasteiger partial charge < -0.3 is 43.2 Å². The maximum absolute atomic E-state index is 12.1. The Morgan fingerprint density at radius 3 is 2.21 bits per heavy atom. The lowest BCUT2D eigenvalue weighted by molar-refractivity contribution is -0.118. The number of amides is 1. The van der Waals surface area contributed by atoms with E-state index in [0.29, 0.717) is 56.5 Å². The summed E-state index contributed by atoms with van der Waals surface area (Å²) >= 11 is 0. The number of nitrogens with one attached hydrogen (secondary N) is 1. The van der Waals surface area contributed by atoms with Crippen molar-refractivity contribution in [2.75, 3.05) is 64.0 Å². The SMILES string of the molecule is COc1ccc2c(c1)N(CC1OCCO1)C(=O)CN2.COc1ccc2ncc(=O)n(CC3OCCO3)c2c1. The Hall–Kier alpha value is -3.71. The van der Waals surface area contributed by atoms with E-state index in [-0.39, 0.29) is 30.6 Å². The predicted octanol–water partition coefficient (Wildman–Crippen LogP) is 1.60. The molecule has 1 N–H and O–H groups in total. The van der Waals surface area contributed by atoms with Crippen molar-refractivity contribution in [3.05, 3.63) is 52.9 Å². The van der Waals surface area contributed by atoms with Gasteiger partial charge in [-0.25, -0.2) is 4.98 Å². The van der Waals surface area contributed by atoms with Gasteiger partial charge in [-0.3, -0.25) is 9.59 Å². The molecule has 38 heavy (non-hydrogen) atoms. The van der Waals surface area contributed by atoms with E-state index in [4.69, 9.17) is 28.4 Å². The van der Waals surface area contributed by atoms with Crippen LogP contribution in [0, 0.1) is 0 Å². The number of anilines is 2. The van der Waals surface area contributed by atoms with Crippen LogP contribution in [0.1, 0.15) is 0 Å². The Kier molecular flexibility index (Phi) is 8.03. The zero-order chi connectivity index (χ0) is 26.5. The summed E-state index contributed by atoms with van der Waals surface area (Å²) in [6.07, 6.45) is 0.583. The molecule has 2 aromatic carbocycles. The largest absolute Gasteiger partial charge is 0.497 e. The molecule has 1 amide bonds. The van der Waals surface area contributed by atoms with Gasteiger partial charge in [0.25, 0.3) is 5.56 Å². The summed E-state index contributed by atoms with van der Waals surface area (Å²) in [5, 5.41) is 3.09. The molecule has 6 rings (SSSR count). The first-order valence-corrected chi connectivity index (χ1v) is 12.3. The van der Waals surface area contributed by atoms with E-state index in [9.17, 15) is 9.59 Å². The molecule has 0 spiro atoms. The summed E-state index contributed by atoms with van der Waals surface area (Å²) in [4.78, 5) is 29.8. The minimum atomic E-state index is -0.380. The van der Waals surface area contributed by atoms with Crippen LogP contribution in [0.2, 0.25) is 0 Å². The van der Waals surface area contributed by atoms with Crippen LogP contribution in [-0.4, -0.2) is 81.8 Å². The Balaban J connectivity index is 0.000000155. The maximum atomic E-state index is 12.1. The van der Waals surface area contributed by atoms with Gasteiger partial charge in [0.05, 0.1) is 88.9 Å². The number of carbonyl (C=O) groups is 1. The fourth-order valence-corrected chi connectivity index (χ4v) is 4.39. The maximum Gasteiger partial charge on any atom is 0.269 e. The highest BCUT2D eigenvalue weighted by atomic mass is 16.7. The van der Waals surface area contributed by atoms with Gasteiger partial charge in [0.15, 0.2) is 12.6 Å². The summed E-state index contributed by atoms with van der Waals surface area (Å²) in [6.45, 7) is 3.32. The van der Waals surface area contributed by atoms with Gasteiger partial charge in [-0.05, 0) is 24.3 Å². The average Bonchev–Trinajstić information content (AvgIpc) is 3.66. The normalized spacial score (nSPS) is 17.6. The number of nitrogens with zero attached hydrogens (tertiary/aromatic N) is 3. The summed E-state index contributed by atoms with van der Waals surface area (Å²) in [7, 11) is 3.19. The molecule has 0 unspecified atom stereocenters. The molecule has 0 bridgehead atoms. The molecular weight excluding hydrogens is 496 g/mol. The van der Waals surface area contributed by atoms with Crippen molar-refractivity contribution < 1.29 is 33.2 Å². The molecule has 3 aliphatic heterocycles. The fraction of sp³-hybridized carbons (Fsp3) is 0.423. The molecule has 12 heteroatoms. The van der Waals surface area contributed by atoms with E-state index in [0.717, 1.165) is 16.9 Å². The summed E-state index contributed by atoms with van der Waals surface area (Å²) in [6, 6.07) is 11.0. The van der Waals surface area contributed by atoms with Crippen molar-refractivity contribution in [2.45, 2.75) is 19.1 Å². The number of benzene rings is 2. The molecule has 3 aliphatic rings. The van der Waals surface area contributed by atoms with Gasteiger partial charge in [-0.1, -0.05) is 0 Å². The molecule has 3 aromatic rings. The molecule has 0 atom stereocenters. The Bertz CT molecular complexity index is 1330. The average molecular weight is 527 g/mol. The zero-order valence-electron chi connectivity index (χ0n) is 21.3. The van der Waals surface area contributed by atoms with E-state index in [1.807, 2.05) is 30.3 Å². The third-order valence-electron chi connectivity index (χ3n) is 6.33. The van der Waals surface area contributed by atoms with Crippen LogP contribution in [0.25, 0.3) is 11.0 Å². The molecule has 0 radical (unpaired) electrons. The topological polar surface area (TPSA) is 123 Å². The van der Waals surface area contributed by atoms with E-state index >= 15 is 0 Å². The fourth-order valence-electron chi connectivity index (χ4n) is 4.39. The lowest BCUT2D eigenvalue weighted by Gasteiger charge is -2.31. The standard InChI is InChI=1S/C13H16N2O4.C13H14N2O4/c2*1-17-9-2-3-10-11(6-9)15(12(16)7-14-10)8-13-18-4-5-19-13/h2-3,6,13-14H,4-5,7-8H2,1H3;2-3,6-7,13H,4-5,8H2,1H3. The van der Waals surface area contributed by atoms with Crippen LogP contribution < -0.4 is 25.2 Å². The quantitative estimate of drug-likeness (QED) is 0.507. The highest BCUT2D eigenvalue weighted by Crippen LogP contribution is 2.33. The lowest BCUT2D eigenvalue weighted by Crippen LogP contribution is -2.44. The van der Waals surface area contributed by atoms with Gasteiger partial charge in [0.2, 0.25) is 5.91 Å². The van der Waals surface area contributed by atoms with Crippen LogP contribution in [0.3, 0.4) is 0 Å². The smallest absolute Gasteiger partial charge is 0.269 e. The summed E-state index contributed by atoms with van der Waals surface area (Å²) < 4.78 is 33.6. The van der Waals surface area contributed by atoms with E-state index in [2.05, 4.69) is 10.3 Å². The van der Waals surface area contributed by atoms with Gasteiger partial charge >= 0.3 is 0 Å². The second-order valence-electron chi connectivity index (χ2n) is 8.64. The minimum Gasteiger partial charge on any atom is -0.497 e. The third-order valence-corrected chi connectivity index (χ3v) is 6.33. The molecular formula is C26H30N4O8. The summed E-state index contributed by atoms with van der Waals surface area (Å²) in [5.74, 6) is 1.40. The number of fused-ring (bicyclic) bond motifs is 2. The van der Waals surface area contributed by atoms with E-state index in [1.54, 1.807) is 29.8 Å². The first-order chi connectivity index (χ1) is 18.6. The Labute approximate surface area is 219 Å². The number of methoxy groups -OCH3 is 2. The number of hydrogen-bond acceptors (Lipinski definition) is 10. The highest BCUT2D eigenvalue weighted by Gasteiger charge is 2.29. The van der Waals surface area contributed by atoms with Crippen LogP contribution in [-0.2, 0) is 30.3 Å². The van der Waals surface area contributed by atoms with Crippen molar-refractivity contribution >= 4 is 28.3 Å². The molecule has 0 aliphatic carbocycles. The number of aromatic nitrogens is 2. The van der Waals surface area contributed by atoms with Crippen molar-refractivity contribution in [2.24, 2.45) is 0 Å². The number of ether oxygens (including phenoxy) is 6. The number of rotatable bonds is 6. The lowest BCUT2D eigenvalue weighted by atomic mass is 10.2. The van der Waals surface area contributed by atoms with Crippen LogP contribution in [0.5, 0.6) is 11.5 Å². The Morgan fingerprint density at radius 2 is 1.53 bits per heavy atom. The van der Waals surface area contributed by atoms with Gasteiger partial charge in [0, 0.05) is 12.1 Å². The van der Waals surface area contributed by atoms with E-state index < -0.39 is 0 Å². The summed E-state index contributed by atoms with van der Waals surface area (Å²) in [5.41, 5.74) is 2.98. The Morgan fingerprint density at radius 1 is 0.895 bits per heavy atom. The second kappa shape index (κ2) is 11.8. The monoisotopic (exact) mass is 526 g/mol. The molecule has 202 valence electrons. The third kappa shape index (κ3) is 5.73. The predicted molar refractivity (Wildman–Crippen MR) is 138 cm³/mol. The van der Waals surface area contributed by atoms with Gasteiger partial charge in [0.1, 0.15) is 11.5 Å². The van der Waals surface area contributed by atoms with Crippen molar-refractivity contribution in [3.8, 4) is 11.5 Å². The first-order valence-electron chi connectivity index (χ1n) is 12.3. The van der Waals surface area contributed by atoms with Crippen molar-refractivity contribution in [1.29, 1.82) is 0 Å². The van der Waals surface area contributed by atoms with E-state index in [1.165, 1.54) is 6.20 Å². The number of carbonyl (C=O) groups excluding carboxylic acids is 1. The molecule has 12 nitrogen and oxygen atoms in total. The van der Waals surface area contributed by atoms with Crippen LogP contribution in [0.4, 0.5) is 11.4 Å². The second-order valence-corrected chi connectivity index (χ2v) is 8.64. The molecule has 2 saturated heterocycles. The highest BCUT2D eigenvalue weighted by molar-refractivity contribution is 6.02. The zero-order valence-corrected chi connectivity index (χ0v) is 21.3. The minimum absolute atomic E-state index is 0.000136. The van der Waals surface area contributed by atoms with Crippen LogP contribution in [0.15, 0.2) is 47.4 Å². The van der Waals surface area contributed by atoms with Crippen molar-refractivity contribution in [1.82, 2.24) is 9.55 Å². The first kappa shape index (κ1) is 25.9. The molecule has 2 fully saturated rings. The molecule has 0 saturated carbocycles. The molecule has 4 heterocycles. The van der Waals surface area contributed by atoms with Gasteiger partial charge in [-0.2, -0.15) is 0 Å². The van der Waals surface area contributed by atoms with Gasteiger partial charge in [-0.15, -0.1) is 0 Å². The molecule has 1 aromatic heterocycles. The van der Waals surface area contributed by atoms with Crippen LogP contribution >= 0.6 is 0 Å². The van der Waals surface area contributed by atoms with Crippen molar-refractivity contribution in [3.63, 3.8) is 0 Å².